The van der Waals surface area contributed by atoms with Crippen LogP contribution in [0.2, 0.25) is 0 Å². The van der Waals surface area contributed by atoms with Crippen LogP contribution in [0.15, 0.2) is 4.52 Å². The molecule has 0 aromatic carbocycles. The Balaban J connectivity index is 1.38. The van der Waals surface area contributed by atoms with E-state index in [-0.39, 0.29) is 12.0 Å². The zero-order valence-corrected chi connectivity index (χ0v) is 13.1. The van der Waals surface area contributed by atoms with Crippen LogP contribution < -0.4 is 5.32 Å². The van der Waals surface area contributed by atoms with E-state index in [9.17, 15) is 4.79 Å². The number of nitrogens with zero attached hydrogens (tertiary/aromatic N) is 3. The average molecular weight is 308 g/mol. The van der Waals surface area contributed by atoms with Crippen molar-refractivity contribution in [2.24, 2.45) is 0 Å². The molecule has 7 heteroatoms. The van der Waals surface area contributed by atoms with Crippen molar-refractivity contribution in [3.05, 3.63) is 11.7 Å². The first-order chi connectivity index (χ1) is 10.7. The molecular weight excluding hydrogens is 284 g/mol. The molecule has 22 heavy (non-hydrogen) atoms. The van der Waals surface area contributed by atoms with Crippen molar-refractivity contribution >= 4 is 5.91 Å². The van der Waals surface area contributed by atoms with Crippen LogP contribution in [0, 0.1) is 0 Å². The van der Waals surface area contributed by atoms with Gasteiger partial charge in [0.25, 0.3) is 0 Å². The first kappa shape index (κ1) is 15.4. The van der Waals surface area contributed by atoms with E-state index in [4.69, 9.17) is 9.26 Å². The Labute approximate surface area is 130 Å². The Morgan fingerprint density at radius 3 is 2.91 bits per heavy atom. The maximum absolute atomic E-state index is 11.9. The molecule has 0 radical (unpaired) electrons. The molecule has 1 saturated carbocycles. The van der Waals surface area contributed by atoms with E-state index in [2.05, 4.69) is 15.5 Å². The number of rotatable bonds is 7. The maximum Gasteiger partial charge on any atom is 0.234 e. The standard InChI is InChI=1S/C15H24N4O3/c1-19(10-14(20)16-8-12-6-3-7-21-12)9-13-17-15(22-18-13)11-4-2-5-11/h11-12H,2-10H2,1H3,(H,16,20)/t12-/m0/s1. The summed E-state index contributed by atoms with van der Waals surface area (Å²) in [4.78, 5) is 18.2. The van der Waals surface area contributed by atoms with E-state index >= 15 is 0 Å². The average Bonchev–Trinajstić information content (AvgIpc) is 3.06. The van der Waals surface area contributed by atoms with E-state index in [0.717, 1.165) is 38.2 Å². The fraction of sp³-hybridized carbons (Fsp3) is 0.800. The third-order valence-electron chi connectivity index (χ3n) is 4.31. The molecule has 1 aliphatic carbocycles. The molecule has 0 bridgehead atoms. The Bertz CT molecular complexity index is 495. The topological polar surface area (TPSA) is 80.5 Å². The number of carbonyl (C=O) groups is 1. The summed E-state index contributed by atoms with van der Waals surface area (Å²) in [6.45, 7) is 2.24. The zero-order valence-electron chi connectivity index (χ0n) is 13.1. The number of amides is 1. The van der Waals surface area contributed by atoms with Gasteiger partial charge in [0.05, 0.1) is 19.2 Å². The second-order valence-electron chi connectivity index (χ2n) is 6.29. The van der Waals surface area contributed by atoms with E-state index in [1.807, 2.05) is 11.9 Å². The fourth-order valence-corrected chi connectivity index (χ4v) is 2.78. The van der Waals surface area contributed by atoms with Gasteiger partial charge in [-0.25, -0.2) is 0 Å². The van der Waals surface area contributed by atoms with Crippen LogP contribution in [0.1, 0.15) is 49.7 Å². The lowest BCUT2D eigenvalue weighted by Crippen LogP contribution is -2.38. The summed E-state index contributed by atoms with van der Waals surface area (Å²) in [7, 11) is 1.88. The van der Waals surface area contributed by atoms with Crippen molar-refractivity contribution in [3.8, 4) is 0 Å². The zero-order chi connectivity index (χ0) is 15.4. The van der Waals surface area contributed by atoms with Crippen molar-refractivity contribution in [1.29, 1.82) is 0 Å². The van der Waals surface area contributed by atoms with Crippen molar-refractivity contribution < 1.29 is 14.1 Å². The first-order valence-corrected chi connectivity index (χ1v) is 8.10. The van der Waals surface area contributed by atoms with Gasteiger partial charge in [0.2, 0.25) is 11.8 Å². The van der Waals surface area contributed by atoms with Crippen LogP contribution in [-0.2, 0) is 16.1 Å². The van der Waals surface area contributed by atoms with Gasteiger partial charge in [-0.15, -0.1) is 0 Å². The number of likely N-dealkylation sites (N-methyl/N-ethyl adjacent to an activating group) is 1. The van der Waals surface area contributed by atoms with Gasteiger partial charge in [-0.2, -0.15) is 4.98 Å². The second-order valence-corrected chi connectivity index (χ2v) is 6.29. The van der Waals surface area contributed by atoms with Crippen molar-refractivity contribution in [3.63, 3.8) is 0 Å². The van der Waals surface area contributed by atoms with Crippen LogP contribution in [0.3, 0.4) is 0 Å². The van der Waals surface area contributed by atoms with Crippen LogP contribution in [-0.4, -0.2) is 53.8 Å². The largest absolute Gasteiger partial charge is 0.376 e. The van der Waals surface area contributed by atoms with Crippen LogP contribution in [0.25, 0.3) is 0 Å². The quantitative estimate of drug-likeness (QED) is 0.811. The molecule has 1 aromatic rings. The third-order valence-corrected chi connectivity index (χ3v) is 4.31. The summed E-state index contributed by atoms with van der Waals surface area (Å²) in [5.41, 5.74) is 0. The predicted molar refractivity (Wildman–Crippen MR) is 79.2 cm³/mol. The highest BCUT2D eigenvalue weighted by Crippen LogP contribution is 2.35. The van der Waals surface area contributed by atoms with E-state index < -0.39 is 0 Å². The van der Waals surface area contributed by atoms with Gasteiger partial charge in [-0.05, 0) is 32.7 Å². The van der Waals surface area contributed by atoms with Gasteiger partial charge in [-0.3, -0.25) is 9.69 Å². The number of carbonyl (C=O) groups excluding carboxylic acids is 1. The minimum atomic E-state index is 0.000659. The van der Waals surface area contributed by atoms with E-state index in [1.54, 1.807) is 0 Å². The normalized spacial score (nSPS) is 22.0. The number of aromatic nitrogens is 2. The molecule has 1 aromatic heterocycles. The molecule has 2 heterocycles. The first-order valence-electron chi connectivity index (χ1n) is 8.10. The lowest BCUT2D eigenvalue weighted by atomic mass is 9.85. The highest BCUT2D eigenvalue weighted by molar-refractivity contribution is 5.77. The number of hydrogen-bond donors (Lipinski definition) is 1. The third kappa shape index (κ3) is 4.04. The summed E-state index contributed by atoms with van der Waals surface area (Å²) < 4.78 is 10.8. The summed E-state index contributed by atoms with van der Waals surface area (Å²) in [5.74, 6) is 1.84. The van der Waals surface area contributed by atoms with Gasteiger partial charge in [0.1, 0.15) is 0 Å². The fourth-order valence-electron chi connectivity index (χ4n) is 2.78. The Morgan fingerprint density at radius 2 is 2.23 bits per heavy atom. The molecule has 1 atom stereocenters. The van der Waals surface area contributed by atoms with Crippen LogP contribution >= 0.6 is 0 Å². The van der Waals surface area contributed by atoms with Gasteiger partial charge in [0.15, 0.2) is 5.82 Å². The van der Waals surface area contributed by atoms with Gasteiger partial charge in [0, 0.05) is 19.1 Å². The Hall–Kier alpha value is -1.47. The smallest absolute Gasteiger partial charge is 0.234 e. The summed E-state index contributed by atoms with van der Waals surface area (Å²) in [6.07, 6.45) is 5.82. The monoisotopic (exact) mass is 308 g/mol. The van der Waals surface area contributed by atoms with Gasteiger partial charge >= 0.3 is 0 Å². The summed E-state index contributed by atoms with van der Waals surface area (Å²) in [6, 6.07) is 0. The van der Waals surface area contributed by atoms with Crippen molar-refractivity contribution in [1.82, 2.24) is 20.4 Å². The maximum atomic E-state index is 11.9. The SMILES string of the molecule is CN(CC(=O)NC[C@@H]1CCCO1)Cc1noc(C2CCC2)n1. The van der Waals surface area contributed by atoms with Crippen molar-refractivity contribution in [2.45, 2.75) is 50.7 Å². The predicted octanol–water partition coefficient (Wildman–Crippen LogP) is 1.06. The lowest BCUT2D eigenvalue weighted by molar-refractivity contribution is -0.122. The molecule has 0 unspecified atom stereocenters. The second kappa shape index (κ2) is 7.19. The highest BCUT2D eigenvalue weighted by atomic mass is 16.5. The molecular formula is C15H24N4O3. The number of ether oxygens (including phenoxy) is 1. The van der Waals surface area contributed by atoms with Crippen molar-refractivity contribution in [2.75, 3.05) is 26.7 Å². The minimum absolute atomic E-state index is 0.000659. The Morgan fingerprint density at radius 1 is 1.36 bits per heavy atom. The molecule has 1 N–H and O–H groups in total. The molecule has 122 valence electrons. The molecule has 1 saturated heterocycles. The molecule has 2 aliphatic rings. The molecule has 2 fully saturated rings. The Kier molecular flexibility index (Phi) is 5.04. The van der Waals surface area contributed by atoms with E-state index in [1.165, 1.54) is 6.42 Å². The summed E-state index contributed by atoms with van der Waals surface area (Å²) in [5, 5.41) is 6.91. The molecule has 7 nitrogen and oxygen atoms in total. The molecule has 1 aliphatic heterocycles. The van der Waals surface area contributed by atoms with E-state index in [0.29, 0.717) is 31.4 Å². The van der Waals surface area contributed by atoms with Gasteiger partial charge in [-0.1, -0.05) is 11.6 Å². The number of nitrogens with one attached hydrogen (secondary N) is 1. The minimum Gasteiger partial charge on any atom is -0.376 e. The lowest BCUT2D eigenvalue weighted by Gasteiger charge is -2.20. The van der Waals surface area contributed by atoms with Crippen LogP contribution in [0.4, 0.5) is 0 Å². The molecule has 3 rings (SSSR count). The highest BCUT2D eigenvalue weighted by Gasteiger charge is 2.25. The summed E-state index contributed by atoms with van der Waals surface area (Å²) >= 11 is 0. The number of hydrogen-bond acceptors (Lipinski definition) is 6. The molecule has 0 spiro atoms. The molecule has 1 amide bonds. The van der Waals surface area contributed by atoms with Gasteiger partial charge < -0.3 is 14.6 Å². The van der Waals surface area contributed by atoms with Crippen LogP contribution in [0.5, 0.6) is 0 Å².